The number of urea groups is 3. The highest BCUT2D eigenvalue weighted by Gasteiger charge is 2.43. The Balaban J connectivity index is 1.56. The fraction of sp³-hybridized carbons (Fsp3) is 0.190. The number of nitrogens with zero attached hydrogens (tertiary/aromatic N) is 4. The molecule has 2 atom stereocenters. The van der Waals surface area contributed by atoms with Gasteiger partial charge >= 0.3 is 18.1 Å². The van der Waals surface area contributed by atoms with Gasteiger partial charge in [0.15, 0.2) is 0 Å². The van der Waals surface area contributed by atoms with Crippen molar-refractivity contribution >= 4 is 30.5 Å². The summed E-state index contributed by atoms with van der Waals surface area (Å²) in [4.78, 5) is 39.5. The number of carbonyl (C=O) groups is 3. The zero-order valence-corrected chi connectivity index (χ0v) is 17.6. The van der Waals surface area contributed by atoms with Crippen molar-refractivity contribution in [2.24, 2.45) is 10.2 Å². The lowest BCUT2D eigenvalue weighted by molar-refractivity contribution is 0.194. The zero-order valence-electron chi connectivity index (χ0n) is 17.6. The molecule has 3 rings (SSSR count). The summed E-state index contributed by atoms with van der Waals surface area (Å²) in [5.41, 5.74) is 6.32. The molecule has 166 valence electrons. The number of hydrogen-bond donors (Lipinski definition) is 4. The van der Waals surface area contributed by atoms with Crippen LogP contribution < -0.4 is 21.5 Å². The van der Waals surface area contributed by atoms with Gasteiger partial charge in [0.25, 0.3) is 0 Å². The first-order chi connectivity index (χ1) is 15.5. The third-order valence-corrected chi connectivity index (χ3v) is 4.65. The summed E-state index contributed by atoms with van der Waals surface area (Å²) < 4.78 is 0. The van der Waals surface area contributed by atoms with Crippen LogP contribution in [0.1, 0.15) is 11.1 Å². The second kappa shape index (κ2) is 10.6. The maximum absolute atomic E-state index is 12.3. The normalized spacial score (nSPS) is 18.2. The molecule has 0 saturated carbocycles. The van der Waals surface area contributed by atoms with Crippen LogP contribution in [-0.2, 0) is 0 Å². The van der Waals surface area contributed by atoms with E-state index in [1.807, 2.05) is 60.7 Å². The van der Waals surface area contributed by atoms with Crippen LogP contribution in [0.5, 0.6) is 0 Å². The third kappa shape index (κ3) is 5.81. The lowest BCUT2D eigenvalue weighted by Crippen LogP contribution is -2.58. The summed E-state index contributed by atoms with van der Waals surface area (Å²) in [5.74, 6) is 0. The Kier molecular flexibility index (Phi) is 7.36. The third-order valence-electron chi connectivity index (χ3n) is 4.65. The second-order valence-electron chi connectivity index (χ2n) is 6.90. The first kappa shape index (κ1) is 22.3. The lowest BCUT2D eigenvalue weighted by atomic mass is 10.2. The minimum atomic E-state index is -0.830. The first-order valence-electron chi connectivity index (χ1n) is 9.74. The number of nitrogens with one attached hydrogen (secondary N) is 4. The molecular formula is C21H24N8O3. The van der Waals surface area contributed by atoms with E-state index in [1.165, 1.54) is 36.3 Å². The van der Waals surface area contributed by atoms with Crippen molar-refractivity contribution in [2.75, 3.05) is 14.1 Å². The Hall–Kier alpha value is -4.41. The molecule has 1 saturated heterocycles. The molecule has 2 aromatic rings. The minimum Gasteiger partial charge on any atom is -0.313 e. The summed E-state index contributed by atoms with van der Waals surface area (Å²) in [6.45, 7) is 0. The average Bonchev–Trinajstić information content (AvgIpc) is 2.99. The summed E-state index contributed by atoms with van der Waals surface area (Å²) in [6.07, 6.45) is 1.32. The highest BCUT2D eigenvalue weighted by atomic mass is 16.2. The zero-order chi connectivity index (χ0) is 22.9. The van der Waals surface area contributed by atoms with Gasteiger partial charge in [0, 0.05) is 14.1 Å². The molecule has 6 amide bonds. The molecule has 0 bridgehead atoms. The number of carbonyl (C=O) groups excluding carboxylic acids is 3. The minimum absolute atomic E-state index is 0.374. The average molecular weight is 436 g/mol. The van der Waals surface area contributed by atoms with E-state index in [0.29, 0.717) is 0 Å². The Morgan fingerprint density at radius 3 is 1.50 bits per heavy atom. The topological polar surface area (TPSA) is 131 Å². The van der Waals surface area contributed by atoms with Gasteiger partial charge in [0.1, 0.15) is 12.3 Å². The SMILES string of the molecule is CN1C(=O)N(C)[C@@H](NC(=O)N/N=C\c2ccccc2)[C@@H]1NC(=O)N/N=C\c1ccccc1. The van der Waals surface area contributed by atoms with Gasteiger partial charge in [-0.1, -0.05) is 60.7 Å². The molecule has 32 heavy (non-hydrogen) atoms. The van der Waals surface area contributed by atoms with Crippen LogP contribution in [0.4, 0.5) is 14.4 Å². The molecule has 1 heterocycles. The Labute approximate surface area is 185 Å². The number of rotatable bonds is 6. The lowest BCUT2D eigenvalue weighted by Gasteiger charge is -2.26. The molecule has 1 aliphatic heterocycles. The second-order valence-corrected chi connectivity index (χ2v) is 6.90. The number of likely N-dealkylation sites (N-methyl/N-ethyl adjacent to an activating group) is 2. The number of hydrogen-bond acceptors (Lipinski definition) is 5. The van der Waals surface area contributed by atoms with Crippen molar-refractivity contribution in [3.63, 3.8) is 0 Å². The Morgan fingerprint density at radius 1 is 0.750 bits per heavy atom. The largest absolute Gasteiger partial charge is 0.336 e. The number of amides is 6. The molecule has 0 aliphatic carbocycles. The maximum atomic E-state index is 12.3. The van der Waals surface area contributed by atoms with Crippen molar-refractivity contribution in [2.45, 2.75) is 12.3 Å². The standard InChI is InChI=1S/C21H24N8O3/c1-28-17(24-19(30)26-22-13-15-9-5-3-6-10-15)18(29(2)21(28)32)25-20(31)27-23-14-16-11-7-4-8-12-16/h3-14,17-18H,1-2H3,(H2,24,26,30)(H2,25,27,31)/b22-13-,23-14-/t17-,18-/m1/s1. The van der Waals surface area contributed by atoms with Gasteiger partial charge in [0.2, 0.25) is 0 Å². The number of hydrazone groups is 2. The van der Waals surface area contributed by atoms with Gasteiger partial charge in [-0.05, 0) is 11.1 Å². The van der Waals surface area contributed by atoms with Gasteiger partial charge in [-0.25, -0.2) is 25.2 Å². The van der Waals surface area contributed by atoms with Gasteiger partial charge in [0.05, 0.1) is 12.4 Å². The molecular weight excluding hydrogens is 412 g/mol. The van der Waals surface area contributed by atoms with Gasteiger partial charge < -0.3 is 20.4 Å². The fourth-order valence-corrected chi connectivity index (χ4v) is 3.00. The molecule has 0 spiro atoms. The maximum Gasteiger partial charge on any atom is 0.336 e. The fourth-order valence-electron chi connectivity index (χ4n) is 3.00. The van der Waals surface area contributed by atoms with E-state index in [4.69, 9.17) is 0 Å². The highest BCUT2D eigenvalue weighted by molar-refractivity contribution is 5.84. The van der Waals surface area contributed by atoms with Crippen molar-refractivity contribution in [3.8, 4) is 0 Å². The van der Waals surface area contributed by atoms with Gasteiger partial charge in [-0.2, -0.15) is 10.2 Å². The van der Waals surface area contributed by atoms with Gasteiger partial charge in [-0.15, -0.1) is 0 Å². The molecule has 1 fully saturated rings. The molecule has 11 heteroatoms. The smallest absolute Gasteiger partial charge is 0.313 e. The quantitative estimate of drug-likeness (QED) is 0.402. The number of benzene rings is 2. The van der Waals surface area contributed by atoms with Crippen LogP contribution in [0, 0.1) is 0 Å². The summed E-state index contributed by atoms with van der Waals surface area (Å²) >= 11 is 0. The summed E-state index contributed by atoms with van der Waals surface area (Å²) in [5, 5.41) is 13.0. The van der Waals surface area contributed by atoms with Crippen LogP contribution in [0.25, 0.3) is 0 Å². The molecule has 0 radical (unpaired) electrons. The molecule has 11 nitrogen and oxygen atoms in total. The van der Waals surface area contributed by atoms with Crippen LogP contribution in [0.2, 0.25) is 0 Å². The van der Waals surface area contributed by atoms with E-state index in [0.717, 1.165) is 11.1 Å². The van der Waals surface area contributed by atoms with Crippen molar-refractivity contribution in [3.05, 3.63) is 71.8 Å². The predicted octanol–water partition coefficient (Wildman–Crippen LogP) is 1.30. The first-order valence-corrected chi connectivity index (χ1v) is 9.74. The molecule has 2 aromatic carbocycles. The van der Waals surface area contributed by atoms with Crippen molar-refractivity contribution < 1.29 is 14.4 Å². The predicted molar refractivity (Wildman–Crippen MR) is 120 cm³/mol. The van der Waals surface area contributed by atoms with E-state index < -0.39 is 24.4 Å². The van der Waals surface area contributed by atoms with E-state index in [2.05, 4.69) is 31.7 Å². The van der Waals surface area contributed by atoms with Crippen LogP contribution >= 0.6 is 0 Å². The highest BCUT2D eigenvalue weighted by Crippen LogP contribution is 2.16. The summed E-state index contributed by atoms with van der Waals surface area (Å²) in [6, 6.07) is 16.8. The monoisotopic (exact) mass is 436 g/mol. The molecule has 4 N–H and O–H groups in total. The molecule has 0 unspecified atom stereocenters. The van der Waals surface area contributed by atoms with E-state index in [1.54, 1.807) is 0 Å². The van der Waals surface area contributed by atoms with E-state index >= 15 is 0 Å². The Bertz CT molecular complexity index is 917. The van der Waals surface area contributed by atoms with Crippen LogP contribution in [0.15, 0.2) is 70.9 Å². The van der Waals surface area contributed by atoms with Crippen molar-refractivity contribution in [1.29, 1.82) is 0 Å². The van der Waals surface area contributed by atoms with Crippen LogP contribution in [-0.4, -0.2) is 66.7 Å². The van der Waals surface area contributed by atoms with E-state index in [-0.39, 0.29) is 6.03 Å². The van der Waals surface area contributed by atoms with E-state index in [9.17, 15) is 14.4 Å². The molecule has 1 aliphatic rings. The molecule has 0 aromatic heterocycles. The van der Waals surface area contributed by atoms with Gasteiger partial charge in [-0.3, -0.25) is 0 Å². The summed E-state index contributed by atoms with van der Waals surface area (Å²) in [7, 11) is 3.04. The Morgan fingerprint density at radius 2 is 1.12 bits per heavy atom. The van der Waals surface area contributed by atoms with Crippen molar-refractivity contribution in [1.82, 2.24) is 31.3 Å². The van der Waals surface area contributed by atoms with Crippen LogP contribution in [0.3, 0.4) is 0 Å².